The van der Waals surface area contributed by atoms with Gasteiger partial charge in [-0.15, -0.1) is 11.8 Å². The summed E-state index contributed by atoms with van der Waals surface area (Å²) in [6.07, 6.45) is 0. The first-order chi connectivity index (χ1) is 9.04. The van der Waals surface area contributed by atoms with Gasteiger partial charge in [-0.3, -0.25) is 4.79 Å². The molecule has 5 nitrogen and oxygen atoms in total. The first kappa shape index (κ1) is 15.4. The number of amides is 1. The van der Waals surface area contributed by atoms with E-state index in [9.17, 15) is 4.79 Å². The number of amidine groups is 1. The van der Waals surface area contributed by atoms with E-state index in [2.05, 4.69) is 10.5 Å². The maximum Gasteiger partial charge on any atom is 0.230 e. The molecule has 1 aromatic carbocycles. The lowest BCUT2D eigenvalue weighted by atomic mass is 10.0. The van der Waals surface area contributed by atoms with Crippen LogP contribution in [0.4, 0.5) is 0 Å². The second-order valence-corrected chi connectivity index (χ2v) is 5.46. The molecule has 0 aromatic heterocycles. The Bertz CT molecular complexity index is 435. The van der Waals surface area contributed by atoms with E-state index in [0.29, 0.717) is 5.75 Å². The minimum absolute atomic E-state index is 0.0214. The molecule has 0 radical (unpaired) electrons. The third-order valence-electron chi connectivity index (χ3n) is 2.53. The number of oxime groups is 1. The molecule has 0 bridgehead atoms. The van der Waals surface area contributed by atoms with Crippen molar-refractivity contribution in [3.8, 4) is 0 Å². The Morgan fingerprint density at radius 2 is 2.05 bits per heavy atom. The first-order valence-corrected chi connectivity index (χ1v) is 6.97. The molecule has 0 saturated carbocycles. The Morgan fingerprint density at radius 1 is 1.42 bits per heavy atom. The number of nitrogens with two attached hydrogens (primary N) is 1. The van der Waals surface area contributed by atoms with E-state index in [4.69, 9.17) is 10.9 Å². The molecule has 1 unspecified atom stereocenters. The van der Waals surface area contributed by atoms with Crippen LogP contribution < -0.4 is 11.1 Å². The van der Waals surface area contributed by atoms with Gasteiger partial charge in [0.05, 0.1) is 11.8 Å². The highest BCUT2D eigenvalue weighted by Crippen LogP contribution is 2.16. The molecule has 1 aromatic rings. The third kappa shape index (κ3) is 5.21. The second kappa shape index (κ2) is 7.68. The number of hydrogen-bond acceptors (Lipinski definition) is 4. The van der Waals surface area contributed by atoms with E-state index in [1.54, 1.807) is 0 Å². The molecule has 1 amide bonds. The van der Waals surface area contributed by atoms with E-state index in [1.165, 1.54) is 11.8 Å². The van der Waals surface area contributed by atoms with Gasteiger partial charge in [-0.2, -0.15) is 0 Å². The third-order valence-corrected chi connectivity index (χ3v) is 3.54. The summed E-state index contributed by atoms with van der Waals surface area (Å²) in [6.45, 7) is 3.79. The summed E-state index contributed by atoms with van der Waals surface area (Å²) in [5.74, 6) is 0.236. The van der Waals surface area contributed by atoms with Crippen molar-refractivity contribution < 1.29 is 10.0 Å². The monoisotopic (exact) mass is 281 g/mol. The van der Waals surface area contributed by atoms with Crippen molar-refractivity contribution in [3.63, 3.8) is 0 Å². The van der Waals surface area contributed by atoms with Gasteiger partial charge < -0.3 is 16.3 Å². The average molecular weight is 281 g/mol. The predicted octanol–water partition coefficient (Wildman–Crippen LogP) is 1.67. The summed E-state index contributed by atoms with van der Waals surface area (Å²) in [5, 5.41) is 14.4. The van der Waals surface area contributed by atoms with E-state index in [1.807, 2.05) is 44.2 Å². The number of nitrogens with one attached hydrogen (secondary N) is 1. The molecule has 1 rings (SSSR count). The number of rotatable bonds is 6. The minimum Gasteiger partial charge on any atom is -0.409 e. The van der Waals surface area contributed by atoms with Crippen LogP contribution in [0, 0.1) is 5.92 Å². The summed E-state index contributed by atoms with van der Waals surface area (Å²) in [5.41, 5.74) is 5.55. The normalized spacial score (nSPS) is 13.3. The van der Waals surface area contributed by atoms with Gasteiger partial charge in [-0.25, -0.2) is 0 Å². The zero-order chi connectivity index (χ0) is 14.3. The summed E-state index contributed by atoms with van der Waals surface area (Å²) in [7, 11) is 0. The molecule has 19 heavy (non-hydrogen) atoms. The van der Waals surface area contributed by atoms with Gasteiger partial charge in [-0.05, 0) is 18.1 Å². The molecule has 0 heterocycles. The molecule has 0 saturated heterocycles. The molecule has 0 spiro atoms. The smallest absolute Gasteiger partial charge is 0.230 e. The minimum atomic E-state index is -0.450. The van der Waals surface area contributed by atoms with Crippen LogP contribution in [-0.2, 0) is 4.79 Å². The Labute approximate surface area is 117 Å². The van der Waals surface area contributed by atoms with Gasteiger partial charge in [0.15, 0.2) is 5.84 Å². The fourth-order valence-electron chi connectivity index (χ4n) is 1.53. The summed E-state index contributed by atoms with van der Waals surface area (Å²) in [4.78, 5) is 12.9. The van der Waals surface area contributed by atoms with Crippen LogP contribution in [0.2, 0.25) is 0 Å². The standard InChI is InChI=1S/C13H19N3O2S/c1-9(2)12(13(14)16-18)15-11(17)8-19-10-6-4-3-5-7-10/h3-7,9,12,18H,8H2,1-2H3,(H2,14,16)(H,15,17). The van der Waals surface area contributed by atoms with E-state index >= 15 is 0 Å². The number of carbonyl (C=O) groups is 1. The summed E-state index contributed by atoms with van der Waals surface area (Å²) in [6, 6.07) is 9.22. The van der Waals surface area contributed by atoms with E-state index in [0.717, 1.165) is 4.90 Å². The molecule has 0 aliphatic heterocycles. The van der Waals surface area contributed by atoms with Gasteiger partial charge in [0.2, 0.25) is 5.91 Å². The Balaban J connectivity index is 2.50. The zero-order valence-electron chi connectivity index (χ0n) is 11.0. The van der Waals surface area contributed by atoms with Crippen molar-refractivity contribution in [3.05, 3.63) is 30.3 Å². The predicted molar refractivity (Wildman–Crippen MR) is 77.3 cm³/mol. The van der Waals surface area contributed by atoms with E-state index in [-0.39, 0.29) is 17.7 Å². The lowest BCUT2D eigenvalue weighted by Gasteiger charge is -2.20. The maximum atomic E-state index is 11.8. The molecular weight excluding hydrogens is 262 g/mol. The van der Waals surface area contributed by atoms with Crippen molar-refractivity contribution in [2.45, 2.75) is 24.8 Å². The van der Waals surface area contributed by atoms with Gasteiger partial charge in [0, 0.05) is 4.90 Å². The van der Waals surface area contributed by atoms with Crippen molar-refractivity contribution >= 4 is 23.5 Å². The molecule has 6 heteroatoms. The summed E-state index contributed by atoms with van der Waals surface area (Å²) >= 11 is 1.45. The fraction of sp³-hybridized carbons (Fsp3) is 0.385. The number of carbonyl (C=O) groups excluding carboxylic acids is 1. The number of hydrogen-bond donors (Lipinski definition) is 3. The van der Waals surface area contributed by atoms with Gasteiger partial charge >= 0.3 is 0 Å². The van der Waals surface area contributed by atoms with Crippen molar-refractivity contribution in [1.29, 1.82) is 0 Å². The highest BCUT2D eigenvalue weighted by atomic mass is 32.2. The van der Waals surface area contributed by atoms with Crippen molar-refractivity contribution in [2.75, 3.05) is 5.75 Å². The highest BCUT2D eigenvalue weighted by Gasteiger charge is 2.20. The summed E-state index contributed by atoms with van der Waals surface area (Å²) < 4.78 is 0. The van der Waals surface area contributed by atoms with Crippen LogP contribution in [0.3, 0.4) is 0 Å². The van der Waals surface area contributed by atoms with Crippen molar-refractivity contribution in [1.82, 2.24) is 5.32 Å². The topological polar surface area (TPSA) is 87.7 Å². The Hall–Kier alpha value is -1.69. The first-order valence-electron chi connectivity index (χ1n) is 5.99. The number of nitrogens with zero attached hydrogens (tertiary/aromatic N) is 1. The SMILES string of the molecule is CC(C)C(NC(=O)CSc1ccccc1)C(N)=NO. The van der Waals surface area contributed by atoms with Gasteiger partial charge in [0.1, 0.15) is 0 Å². The number of thioether (sulfide) groups is 1. The van der Waals surface area contributed by atoms with Crippen LogP contribution in [0.15, 0.2) is 40.4 Å². The Kier molecular flexibility index (Phi) is 6.21. The second-order valence-electron chi connectivity index (χ2n) is 4.42. The molecule has 4 N–H and O–H groups in total. The van der Waals surface area contributed by atoms with Crippen LogP contribution >= 0.6 is 11.8 Å². The molecule has 0 fully saturated rings. The van der Waals surface area contributed by atoms with Gasteiger partial charge in [0.25, 0.3) is 0 Å². The fourth-order valence-corrected chi connectivity index (χ4v) is 2.26. The molecule has 0 aliphatic rings. The molecule has 0 aliphatic carbocycles. The van der Waals surface area contributed by atoms with Crippen LogP contribution in [0.5, 0.6) is 0 Å². The Morgan fingerprint density at radius 3 is 2.58 bits per heavy atom. The molecule has 104 valence electrons. The highest BCUT2D eigenvalue weighted by molar-refractivity contribution is 8.00. The quantitative estimate of drug-likeness (QED) is 0.243. The largest absolute Gasteiger partial charge is 0.409 e. The molecule has 1 atom stereocenters. The molecular formula is C13H19N3O2S. The van der Waals surface area contributed by atoms with Crippen LogP contribution in [0.1, 0.15) is 13.8 Å². The van der Waals surface area contributed by atoms with E-state index < -0.39 is 6.04 Å². The average Bonchev–Trinajstić information content (AvgIpc) is 2.42. The van der Waals surface area contributed by atoms with Crippen LogP contribution in [0.25, 0.3) is 0 Å². The maximum absolute atomic E-state index is 11.8. The van der Waals surface area contributed by atoms with Gasteiger partial charge in [-0.1, -0.05) is 37.2 Å². The number of benzene rings is 1. The van der Waals surface area contributed by atoms with Crippen LogP contribution in [-0.4, -0.2) is 28.7 Å². The lowest BCUT2D eigenvalue weighted by Crippen LogP contribution is -2.48. The van der Waals surface area contributed by atoms with Crippen molar-refractivity contribution in [2.24, 2.45) is 16.8 Å². The zero-order valence-corrected chi connectivity index (χ0v) is 11.9. The lowest BCUT2D eigenvalue weighted by molar-refractivity contribution is -0.119.